The molecule has 1 atom stereocenters. The van der Waals surface area contributed by atoms with E-state index in [2.05, 4.69) is 14.4 Å². The van der Waals surface area contributed by atoms with Crippen molar-refractivity contribution in [2.24, 2.45) is 5.73 Å². The molecule has 74 valence electrons. The Bertz CT molecular complexity index is 419. The van der Waals surface area contributed by atoms with Gasteiger partial charge in [0.2, 0.25) is 0 Å². The van der Waals surface area contributed by atoms with Crippen LogP contribution < -0.4 is 5.73 Å². The Kier molecular flexibility index (Phi) is 2.45. The van der Waals surface area contributed by atoms with Crippen molar-refractivity contribution in [3.8, 4) is 0 Å². The highest BCUT2D eigenvalue weighted by Gasteiger charge is 2.03. The highest BCUT2D eigenvalue weighted by atomic mass is 15.0. The Morgan fingerprint density at radius 1 is 1.50 bits per heavy atom. The fraction of sp³-hybridized carbons (Fsp3) is 0.400. The third-order valence-electron chi connectivity index (χ3n) is 2.25. The largest absolute Gasteiger partial charge is 0.328 e. The van der Waals surface area contributed by atoms with Gasteiger partial charge in [0.1, 0.15) is 0 Å². The molecule has 0 bridgehead atoms. The van der Waals surface area contributed by atoms with E-state index in [9.17, 15) is 0 Å². The van der Waals surface area contributed by atoms with Crippen LogP contribution >= 0.6 is 0 Å². The van der Waals surface area contributed by atoms with Gasteiger partial charge in [-0.05, 0) is 19.8 Å². The second-order valence-corrected chi connectivity index (χ2v) is 3.57. The monoisotopic (exact) mass is 190 g/mol. The van der Waals surface area contributed by atoms with Crippen molar-refractivity contribution in [1.82, 2.24) is 14.4 Å². The highest BCUT2D eigenvalue weighted by Crippen LogP contribution is 2.07. The molecule has 0 aliphatic rings. The van der Waals surface area contributed by atoms with Crippen molar-refractivity contribution in [2.45, 2.75) is 25.8 Å². The lowest BCUT2D eigenvalue weighted by Gasteiger charge is -2.03. The molecule has 14 heavy (non-hydrogen) atoms. The number of aryl methyl sites for hydroxylation is 1. The summed E-state index contributed by atoms with van der Waals surface area (Å²) in [5, 5.41) is 0. The molecule has 2 rings (SSSR count). The van der Waals surface area contributed by atoms with E-state index in [1.807, 2.05) is 19.3 Å². The molecule has 2 aromatic rings. The summed E-state index contributed by atoms with van der Waals surface area (Å²) < 4.78 is 2.05. The number of imidazole rings is 1. The Morgan fingerprint density at radius 3 is 3.14 bits per heavy atom. The molecule has 2 heterocycles. The molecule has 0 saturated carbocycles. The molecular weight excluding hydrogens is 176 g/mol. The van der Waals surface area contributed by atoms with Crippen LogP contribution in [0.1, 0.15) is 19.0 Å². The first kappa shape index (κ1) is 9.15. The van der Waals surface area contributed by atoms with E-state index in [1.165, 1.54) is 5.69 Å². The molecule has 0 spiro atoms. The van der Waals surface area contributed by atoms with E-state index >= 15 is 0 Å². The van der Waals surface area contributed by atoms with E-state index in [1.54, 1.807) is 12.4 Å². The number of nitrogens with two attached hydrogens (primary N) is 1. The quantitative estimate of drug-likeness (QED) is 0.785. The van der Waals surface area contributed by atoms with Gasteiger partial charge < -0.3 is 10.1 Å². The van der Waals surface area contributed by atoms with E-state index in [-0.39, 0.29) is 6.04 Å². The Hall–Kier alpha value is -1.42. The number of nitrogens with zero attached hydrogens (tertiary/aromatic N) is 3. The van der Waals surface area contributed by atoms with Gasteiger partial charge in [0, 0.05) is 30.3 Å². The highest BCUT2D eigenvalue weighted by molar-refractivity contribution is 5.36. The Labute approximate surface area is 82.8 Å². The minimum atomic E-state index is 0.238. The Morgan fingerprint density at radius 2 is 2.36 bits per heavy atom. The number of rotatable bonds is 3. The van der Waals surface area contributed by atoms with Crippen LogP contribution in [0, 0.1) is 0 Å². The summed E-state index contributed by atoms with van der Waals surface area (Å²) in [6.45, 7) is 2.02. The van der Waals surface area contributed by atoms with Gasteiger partial charge in [-0.25, -0.2) is 4.98 Å². The maximum atomic E-state index is 5.71. The third kappa shape index (κ3) is 1.75. The van der Waals surface area contributed by atoms with Crippen LogP contribution in [0.15, 0.2) is 24.8 Å². The van der Waals surface area contributed by atoms with Gasteiger partial charge in [0.15, 0.2) is 5.65 Å². The molecule has 0 aliphatic carbocycles. The van der Waals surface area contributed by atoms with Crippen LogP contribution in [-0.4, -0.2) is 20.4 Å². The number of aromatic nitrogens is 3. The molecule has 0 aromatic carbocycles. The van der Waals surface area contributed by atoms with Gasteiger partial charge >= 0.3 is 0 Å². The lowest BCUT2D eigenvalue weighted by Crippen LogP contribution is -2.15. The second-order valence-electron chi connectivity index (χ2n) is 3.57. The van der Waals surface area contributed by atoms with Crippen LogP contribution in [0.4, 0.5) is 0 Å². The first-order valence-electron chi connectivity index (χ1n) is 4.79. The topological polar surface area (TPSA) is 56.2 Å². The summed E-state index contributed by atoms with van der Waals surface area (Å²) in [6.07, 6.45) is 9.29. The molecular formula is C10H14N4. The molecule has 0 aliphatic heterocycles. The maximum absolute atomic E-state index is 5.71. The van der Waals surface area contributed by atoms with E-state index in [4.69, 9.17) is 5.73 Å². The summed E-state index contributed by atoms with van der Waals surface area (Å²) >= 11 is 0. The molecule has 4 heteroatoms. The number of fused-ring (bicyclic) bond motifs is 1. The average Bonchev–Trinajstić information content (AvgIpc) is 2.58. The predicted octanol–water partition coefficient (Wildman–Crippen LogP) is 1.01. The molecule has 4 nitrogen and oxygen atoms in total. The minimum absolute atomic E-state index is 0.238. The van der Waals surface area contributed by atoms with Gasteiger partial charge in [-0.3, -0.25) is 4.98 Å². The van der Waals surface area contributed by atoms with Crippen molar-refractivity contribution >= 4 is 5.65 Å². The van der Waals surface area contributed by atoms with Gasteiger partial charge in [0.05, 0.1) is 6.20 Å². The van der Waals surface area contributed by atoms with Gasteiger partial charge in [-0.15, -0.1) is 0 Å². The molecule has 0 amide bonds. The van der Waals surface area contributed by atoms with Crippen LogP contribution in [0.25, 0.3) is 5.65 Å². The van der Waals surface area contributed by atoms with Crippen molar-refractivity contribution in [3.05, 3.63) is 30.5 Å². The molecule has 0 fully saturated rings. The average molecular weight is 190 g/mol. The number of hydrogen-bond donors (Lipinski definition) is 1. The Balaban J connectivity index is 2.25. The molecule has 2 aromatic heterocycles. The summed E-state index contributed by atoms with van der Waals surface area (Å²) in [6, 6.07) is 0.238. The van der Waals surface area contributed by atoms with E-state index < -0.39 is 0 Å². The summed E-state index contributed by atoms with van der Waals surface area (Å²) in [5.74, 6) is 0. The minimum Gasteiger partial charge on any atom is -0.328 e. The first-order chi connectivity index (χ1) is 6.77. The van der Waals surface area contributed by atoms with Crippen molar-refractivity contribution in [2.75, 3.05) is 0 Å². The molecule has 0 unspecified atom stereocenters. The smallest absolute Gasteiger partial charge is 0.155 e. The van der Waals surface area contributed by atoms with Crippen molar-refractivity contribution < 1.29 is 0 Å². The standard InChI is InChI=1S/C10H14N4/c1-8(11)2-3-9-6-13-10-7-12-4-5-14(9)10/h4-8H,2-3,11H2,1H3/t8-/m1/s1. The lowest BCUT2D eigenvalue weighted by molar-refractivity contribution is 0.655. The normalized spacial score (nSPS) is 13.3. The van der Waals surface area contributed by atoms with E-state index in [0.29, 0.717) is 0 Å². The van der Waals surface area contributed by atoms with Gasteiger partial charge in [-0.1, -0.05) is 0 Å². The van der Waals surface area contributed by atoms with Crippen LogP contribution in [0.5, 0.6) is 0 Å². The molecule has 2 N–H and O–H groups in total. The maximum Gasteiger partial charge on any atom is 0.155 e. The van der Waals surface area contributed by atoms with Crippen molar-refractivity contribution in [3.63, 3.8) is 0 Å². The van der Waals surface area contributed by atoms with Crippen molar-refractivity contribution in [1.29, 1.82) is 0 Å². The van der Waals surface area contributed by atoms with Crippen LogP contribution in [-0.2, 0) is 6.42 Å². The fourth-order valence-corrected chi connectivity index (χ4v) is 1.46. The zero-order valence-corrected chi connectivity index (χ0v) is 8.22. The van der Waals surface area contributed by atoms with Gasteiger partial charge in [-0.2, -0.15) is 0 Å². The van der Waals surface area contributed by atoms with Crippen LogP contribution in [0.2, 0.25) is 0 Å². The van der Waals surface area contributed by atoms with E-state index in [0.717, 1.165) is 18.5 Å². The zero-order valence-electron chi connectivity index (χ0n) is 8.22. The SMILES string of the molecule is C[C@@H](N)CCc1cnc2cnccn12. The lowest BCUT2D eigenvalue weighted by atomic mass is 10.1. The summed E-state index contributed by atoms with van der Waals surface area (Å²) in [7, 11) is 0. The van der Waals surface area contributed by atoms with Gasteiger partial charge in [0.25, 0.3) is 0 Å². The third-order valence-corrected chi connectivity index (χ3v) is 2.25. The zero-order chi connectivity index (χ0) is 9.97. The first-order valence-corrected chi connectivity index (χ1v) is 4.79. The summed E-state index contributed by atoms with van der Waals surface area (Å²) in [4.78, 5) is 8.27. The fourth-order valence-electron chi connectivity index (χ4n) is 1.46. The molecule has 0 radical (unpaired) electrons. The summed E-state index contributed by atoms with van der Waals surface area (Å²) in [5.41, 5.74) is 7.80. The predicted molar refractivity (Wildman–Crippen MR) is 55.0 cm³/mol. The number of hydrogen-bond acceptors (Lipinski definition) is 3. The molecule has 0 saturated heterocycles. The van der Waals surface area contributed by atoms with Crippen LogP contribution in [0.3, 0.4) is 0 Å². The second kappa shape index (κ2) is 3.75.